The van der Waals surface area contributed by atoms with E-state index in [0.29, 0.717) is 12.0 Å². The molecule has 2 saturated heterocycles. The van der Waals surface area contributed by atoms with E-state index in [-0.39, 0.29) is 0 Å². The van der Waals surface area contributed by atoms with E-state index in [4.69, 9.17) is 5.73 Å². The molecule has 0 aliphatic carbocycles. The predicted molar refractivity (Wildman–Crippen MR) is 83.8 cm³/mol. The normalized spacial score (nSPS) is 32.0. The molecule has 2 heterocycles. The van der Waals surface area contributed by atoms with Crippen molar-refractivity contribution in [1.29, 1.82) is 0 Å². The van der Waals surface area contributed by atoms with Gasteiger partial charge in [0.2, 0.25) is 0 Å². The SMILES string of the molecule is CN1CCC(c2ccc(C3CC(CN)CN3C)cc2)C1. The first-order chi connectivity index (χ1) is 9.67. The second-order valence-electron chi connectivity index (χ2n) is 6.71. The van der Waals surface area contributed by atoms with Crippen molar-refractivity contribution in [2.45, 2.75) is 24.8 Å². The molecule has 2 aliphatic heterocycles. The van der Waals surface area contributed by atoms with Crippen LogP contribution in [0.1, 0.15) is 35.9 Å². The summed E-state index contributed by atoms with van der Waals surface area (Å²) < 4.78 is 0. The molecular formula is C17H27N3. The lowest BCUT2D eigenvalue weighted by Crippen LogP contribution is -2.20. The Bertz CT molecular complexity index is 442. The molecule has 2 N–H and O–H groups in total. The third kappa shape index (κ3) is 2.76. The van der Waals surface area contributed by atoms with E-state index in [1.165, 1.54) is 37.1 Å². The van der Waals surface area contributed by atoms with Gasteiger partial charge in [0.25, 0.3) is 0 Å². The molecule has 3 atom stereocenters. The Balaban J connectivity index is 1.70. The van der Waals surface area contributed by atoms with Crippen LogP contribution in [0, 0.1) is 5.92 Å². The number of benzene rings is 1. The van der Waals surface area contributed by atoms with Gasteiger partial charge in [-0.3, -0.25) is 4.90 Å². The first-order valence-electron chi connectivity index (χ1n) is 7.86. The van der Waals surface area contributed by atoms with Gasteiger partial charge in [-0.1, -0.05) is 24.3 Å². The Morgan fingerprint density at radius 1 is 1.10 bits per heavy atom. The first kappa shape index (κ1) is 14.1. The molecule has 0 radical (unpaired) electrons. The summed E-state index contributed by atoms with van der Waals surface area (Å²) in [6.45, 7) is 4.39. The van der Waals surface area contributed by atoms with E-state index in [1.54, 1.807) is 0 Å². The first-order valence-corrected chi connectivity index (χ1v) is 7.86. The molecule has 0 amide bonds. The van der Waals surface area contributed by atoms with Crippen molar-refractivity contribution in [2.75, 3.05) is 40.3 Å². The molecule has 1 aromatic rings. The van der Waals surface area contributed by atoms with E-state index in [9.17, 15) is 0 Å². The van der Waals surface area contributed by atoms with E-state index in [2.05, 4.69) is 48.2 Å². The van der Waals surface area contributed by atoms with Gasteiger partial charge in [-0.25, -0.2) is 0 Å². The maximum atomic E-state index is 5.82. The molecule has 0 bridgehead atoms. The average Bonchev–Trinajstić information content (AvgIpc) is 3.05. The van der Waals surface area contributed by atoms with Crippen molar-refractivity contribution in [1.82, 2.24) is 9.80 Å². The van der Waals surface area contributed by atoms with Gasteiger partial charge >= 0.3 is 0 Å². The molecule has 1 aromatic carbocycles. The standard InChI is InChI=1S/C17H27N3/c1-19-8-7-16(12-19)14-3-5-15(6-4-14)17-9-13(10-18)11-20(17)2/h3-6,13,16-17H,7-12,18H2,1-2H3. The van der Waals surface area contributed by atoms with E-state index >= 15 is 0 Å². The maximum absolute atomic E-state index is 5.82. The molecule has 3 heteroatoms. The maximum Gasteiger partial charge on any atom is 0.0348 e. The Hall–Kier alpha value is -0.900. The summed E-state index contributed by atoms with van der Waals surface area (Å²) in [6, 6.07) is 9.94. The lowest BCUT2D eigenvalue weighted by molar-refractivity contribution is 0.313. The molecule has 0 spiro atoms. The summed E-state index contributed by atoms with van der Waals surface area (Å²) in [4.78, 5) is 4.88. The van der Waals surface area contributed by atoms with Crippen LogP contribution in [-0.4, -0.2) is 50.1 Å². The molecule has 3 rings (SSSR count). The van der Waals surface area contributed by atoms with Gasteiger partial charge in [0, 0.05) is 19.1 Å². The monoisotopic (exact) mass is 273 g/mol. The molecule has 20 heavy (non-hydrogen) atoms. The fraction of sp³-hybridized carbons (Fsp3) is 0.647. The highest BCUT2D eigenvalue weighted by molar-refractivity contribution is 5.29. The highest BCUT2D eigenvalue weighted by atomic mass is 15.2. The molecular weight excluding hydrogens is 246 g/mol. The summed E-state index contributed by atoms with van der Waals surface area (Å²) in [6.07, 6.45) is 2.51. The van der Waals surface area contributed by atoms with Gasteiger partial charge in [-0.05, 0) is 63.0 Å². The molecule has 3 unspecified atom stereocenters. The average molecular weight is 273 g/mol. The van der Waals surface area contributed by atoms with Crippen LogP contribution in [0.15, 0.2) is 24.3 Å². The topological polar surface area (TPSA) is 32.5 Å². The zero-order valence-corrected chi connectivity index (χ0v) is 12.8. The number of nitrogens with zero attached hydrogens (tertiary/aromatic N) is 2. The predicted octanol–water partition coefficient (Wildman–Crippen LogP) is 2.06. The van der Waals surface area contributed by atoms with Crippen LogP contribution in [0.4, 0.5) is 0 Å². The smallest absolute Gasteiger partial charge is 0.0348 e. The number of likely N-dealkylation sites (N-methyl/N-ethyl adjacent to an activating group) is 1. The lowest BCUT2D eigenvalue weighted by Gasteiger charge is -2.20. The molecule has 0 aromatic heterocycles. The Labute approximate surface area is 122 Å². The zero-order chi connectivity index (χ0) is 14.1. The van der Waals surface area contributed by atoms with E-state index in [1.807, 2.05) is 0 Å². The van der Waals surface area contributed by atoms with Gasteiger partial charge in [0.1, 0.15) is 0 Å². The number of hydrogen-bond acceptors (Lipinski definition) is 3. The van der Waals surface area contributed by atoms with Crippen molar-refractivity contribution in [3.63, 3.8) is 0 Å². The molecule has 2 aliphatic rings. The quantitative estimate of drug-likeness (QED) is 0.915. The van der Waals surface area contributed by atoms with Crippen LogP contribution >= 0.6 is 0 Å². The molecule has 0 saturated carbocycles. The minimum absolute atomic E-state index is 0.559. The van der Waals surface area contributed by atoms with Crippen LogP contribution in [0.5, 0.6) is 0 Å². The van der Waals surface area contributed by atoms with Gasteiger partial charge in [0.15, 0.2) is 0 Å². The van der Waals surface area contributed by atoms with Crippen molar-refractivity contribution in [3.8, 4) is 0 Å². The third-order valence-electron chi connectivity index (χ3n) is 5.15. The minimum atomic E-state index is 0.559. The lowest BCUT2D eigenvalue weighted by atomic mass is 9.94. The molecule has 110 valence electrons. The summed E-state index contributed by atoms with van der Waals surface area (Å²) in [5, 5.41) is 0. The van der Waals surface area contributed by atoms with Crippen LogP contribution in [0.3, 0.4) is 0 Å². The van der Waals surface area contributed by atoms with Crippen molar-refractivity contribution >= 4 is 0 Å². The molecule has 3 nitrogen and oxygen atoms in total. The second kappa shape index (κ2) is 5.84. The minimum Gasteiger partial charge on any atom is -0.330 e. The van der Waals surface area contributed by atoms with Gasteiger partial charge < -0.3 is 10.6 Å². The summed E-state index contributed by atoms with van der Waals surface area (Å²) in [5.74, 6) is 1.39. The van der Waals surface area contributed by atoms with E-state index in [0.717, 1.165) is 19.0 Å². The van der Waals surface area contributed by atoms with E-state index < -0.39 is 0 Å². The van der Waals surface area contributed by atoms with Gasteiger partial charge in [-0.15, -0.1) is 0 Å². The summed E-state index contributed by atoms with van der Waals surface area (Å²) in [7, 11) is 4.44. The number of nitrogens with two attached hydrogens (primary N) is 1. The third-order valence-corrected chi connectivity index (χ3v) is 5.15. The largest absolute Gasteiger partial charge is 0.330 e. The van der Waals surface area contributed by atoms with Gasteiger partial charge in [0.05, 0.1) is 0 Å². The van der Waals surface area contributed by atoms with Crippen molar-refractivity contribution in [2.24, 2.45) is 11.7 Å². The van der Waals surface area contributed by atoms with Crippen molar-refractivity contribution in [3.05, 3.63) is 35.4 Å². The fourth-order valence-electron chi connectivity index (χ4n) is 3.86. The second-order valence-corrected chi connectivity index (χ2v) is 6.71. The summed E-state index contributed by atoms with van der Waals surface area (Å²) >= 11 is 0. The number of likely N-dealkylation sites (tertiary alicyclic amines) is 2. The Kier molecular flexibility index (Phi) is 4.11. The fourth-order valence-corrected chi connectivity index (χ4v) is 3.86. The van der Waals surface area contributed by atoms with Crippen LogP contribution < -0.4 is 5.73 Å². The highest BCUT2D eigenvalue weighted by Crippen LogP contribution is 2.34. The Morgan fingerprint density at radius 3 is 2.35 bits per heavy atom. The van der Waals surface area contributed by atoms with Crippen molar-refractivity contribution < 1.29 is 0 Å². The number of rotatable bonds is 3. The van der Waals surface area contributed by atoms with Crippen LogP contribution in [-0.2, 0) is 0 Å². The summed E-state index contributed by atoms with van der Waals surface area (Å²) in [5.41, 5.74) is 8.79. The van der Waals surface area contributed by atoms with Crippen LogP contribution in [0.2, 0.25) is 0 Å². The highest BCUT2D eigenvalue weighted by Gasteiger charge is 2.29. The zero-order valence-electron chi connectivity index (χ0n) is 12.8. The molecule has 2 fully saturated rings. The van der Waals surface area contributed by atoms with Crippen LogP contribution in [0.25, 0.3) is 0 Å². The Morgan fingerprint density at radius 2 is 1.80 bits per heavy atom. The van der Waals surface area contributed by atoms with Gasteiger partial charge in [-0.2, -0.15) is 0 Å². The number of hydrogen-bond donors (Lipinski definition) is 1.